The lowest BCUT2D eigenvalue weighted by molar-refractivity contribution is 0.0714. The van der Waals surface area contributed by atoms with Crippen molar-refractivity contribution in [3.63, 3.8) is 0 Å². The van der Waals surface area contributed by atoms with Crippen LogP contribution in [0.5, 0.6) is 0 Å². The maximum absolute atomic E-state index is 12.3. The van der Waals surface area contributed by atoms with E-state index in [1.54, 1.807) is 23.5 Å². The van der Waals surface area contributed by atoms with Gasteiger partial charge in [-0.05, 0) is 24.3 Å². The Morgan fingerprint density at radius 2 is 1.88 bits per heavy atom. The zero-order chi connectivity index (χ0) is 17.2. The first kappa shape index (κ1) is 16.2. The summed E-state index contributed by atoms with van der Waals surface area (Å²) in [6.07, 6.45) is 1.53. The van der Waals surface area contributed by atoms with Crippen LogP contribution in [0.3, 0.4) is 0 Å². The smallest absolute Gasteiger partial charge is 0.289 e. The number of piperazine rings is 1. The average Bonchev–Trinajstić information content (AvgIpc) is 3.34. The van der Waals surface area contributed by atoms with E-state index in [4.69, 9.17) is 21.0 Å². The fraction of sp³-hybridized carbons (Fsp3) is 0.222. The molecule has 0 unspecified atom stereocenters. The highest BCUT2D eigenvalue weighted by Gasteiger charge is 2.25. The fourth-order valence-corrected chi connectivity index (χ4v) is 3.83. The van der Waals surface area contributed by atoms with Gasteiger partial charge in [0.1, 0.15) is 0 Å². The van der Waals surface area contributed by atoms with Crippen LogP contribution in [0.1, 0.15) is 10.6 Å². The molecule has 0 spiro atoms. The lowest BCUT2D eigenvalue weighted by Gasteiger charge is -2.34. The number of carbonyl (C=O) groups is 1. The van der Waals surface area contributed by atoms with E-state index >= 15 is 0 Å². The molecule has 25 heavy (non-hydrogen) atoms. The first-order valence-corrected chi connectivity index (χ1v) is 9.26. The highest BCUT2D eigenvalue weighted by molar-refractivity contribution is 7.14. The molecule has 4 rings (SSSR count). The Hall–Kier alpha value is -2.31. The summed E-state index contributed by atoms with van der Waals surface area (Å²) in [5.74, 6) is 0.346. The second-order valence-corrected chi connectivity index (χ2v) is 7.05. The van der Waals surface area contributed by atoms with Gasteiger partial charge in [-0.15, -0.1) is 11.3 Å². The van der Waals surface area contributed by atoms with Crippen LogP contribution in [0.4, 0.5) is 5.13 Å². The summed E-state index contributed by atoms with van der Waals surface area (Å²) in [5, 5.41) is 3.76. The molecular weight excluding hydrogens is 358 g/mol. The number of hydrogen-bond acceptors (Lipinski definition) is 5. The van der Waals surface area contributed by atoms with Gasteiger partial charge in [0.05, 0.1) is 12.0 Å². The van der Waals surface area contributed by atoms with Gasteiger partial charge >= 0.3 is 0 Å². The summed E-state index contributed by atoms with van der Waals surface area (Å²) in [5.41, 5.74) is 2.00. The largest absolute Gasteiger partial charge is 0.459 e. The molecule has 0 bridgehead atoms. The number of aromatic nitrogens is 1. The van der Waals surface area contributed by atoms with Crippen LogP contribution < -0.4 is 4.90 Å². The quantitative estimate of drug-likeness (QED) is 0.695. The van der Waals surface area contributed by atoms with Gasteiger partial charge in [-0.1, -0.05) is 23.7 Å². The van der Waals surface area contributed by atoms with Gasteiger partial charge in [-0.25, -0.2) is 4.98 Å². The van der Waals surface area contributed by atoms with Crippen molar-refractivity contribution in [3.05, 3.63) is 58.8 Å². The van der Waals surface area contributed by atoms with Gasteiger partial charge in [-0.3, -0.25) is 4.79 Å². The van der Waals surface area contributed by atoms with Crippen molar-refractivity contribution >= 4 is 34.0 Å². The van der Waals surface area contributed by atoms with Gasteiger partial charge in [0, 0.05) is 42.1 Å². The third kappa shape index (κ3) is 3.41. The summed E-state index contributed by atoms with van der Waals surface area (Å²) in [6, 6.07) is 11.1. The Morgan fingerprint density at radius 3 is 2.56 bits per heavy atom. The second-order valence-electron chi connectivity index (χ2n) is 5.78. The third-order valence-electron chi connectivity index (χ3n) is 4.20. The lowest BCUT2D eigenvalue weighted by atomic mass is 10.2. The van der Waals surface area contributed by atoms with E-state index in [1.165, 1.54) is 6.26 Å². The Labute approximate surface area is 154 Å². The van der Waals surface area contributed by atoms with E-state index in [-0.39, 0.29) is 5.91 Å². The molecule has 0 saturated carbocycles. The molecule has 7 heteroatoms. The Morgan fingerprint density at radius 1 is 1.12 bits per heavy atom. The van der Waals surface area contributed by atoms with E-state index in [0.29, 0.717) is 18.8 Å². The summed E-state index contributed by atoms with van der Waals surface area (Å²) in [4.78, 5) is 21.1. The first-order valence-electron chi connectivity index (χ1n) is 8.00. The van der Waals surface area contributed by atoms with Crippen molar-refractivity contribution in [1.82, 2.24) is 9.88 Å². The number of halogens is 1. The van der Waals surface area contributed by atoms with E-state index in [0.717, 1.165) is 34.5 Å². The maximum atomic E-state index is 12.3. The van der Waals surface area contributed by atoms with Crippen molar-refractivity contribution in [2.45, 2.75) is 0 Å². The van der Waals surface area contributed by atoms with Crippen molar-refractivity contribution in [2.75, 3.05) is 31.1 Å². The highest BCUT2D eigenvalue weighted by Crippen LogP contribution is 2.29. The second kappa shape index (κ2) is 6.90. The summed E-state index contributed by atoms with van der Waals surface area (Å²) < 4.78 is 5.20. The third-order valence-corrected chi connectivity index (χ3v) is 5.35. The van der Waals surface area contributed by atoms with E-state index < -0.39 is 0 Å². The van der Waals surface area contributed by atoms with Gasteiger partial charge in [-0.2, -0.15) is 0 Å². The summed E-state index contributed by atoms with van der Waals surface area (Å²) in [6.45, 7) is 2.85. The van der Waals surface area contributed by atoms with Crippen molar-refractivity contribution in [1.29, 1.82) is 0 Å². The van der Waals surface area contributed by atoms with Crippen LogP contribution in [0.15, 0.2) is 52.5 Å². The van der Waals surface area contributed by atoms with E-state index in [1.807, 2.05) is 29.2 Å². The van der Waals surface area contributed by atoms with Crippen LogP contribution in [-0.4, -0.2) is 42.0 Å². The Balaban J connectivity index is 1.41. The molecule has 128 valence electrons. The highest BCUT2D eigenvalue weighted by atomic mass is 35.5. The maximum Gasteiger partial charge on any atom is 0.289 e. The fourth-order valence-electron chi connectivity index (χ4n) is 2.82. The normalized spacial score (nSPS) is 14.8. The number of benzene rings is 1. The van der Waals surface area contributed by atoms with Crippen LogP contribution in [-0.2, 0) is 0 Å². The number of nitrogens with zero attached hydrogens (tertiary/aromatic N) is 3. The van der Waals surface area contributed by atoms with Gasteiger partial charge in [0.25, 0.3) is 5.91 Å². The van der Waals surface area contributed by atoms with E-state index in [9.17, 15) is 4.79 Å². The Bertz CT molecular complexity index is 853. The average molecular weight is 374 g/mol. The minimum absolute atomic E-state index is 0.0503. The predicted octanol–water partition coefficient (Wildman–Crippen LogP) is 4.02. The molecule has 1 amide bonds. The molecule has 0 N–H and O–H groups in total. The van der Waals surface area contributed by atoms with Crippen molar-refractivity contribution < 1.29 is 9.21 Å². The number of furan rings is 1. The summed E-state index contributed by atoms with van der Waals surface area (Å²) >= 11 is 7.56. The molecule has 1 aromatic carbocycles. The van der Waals surface area contributed by atoms with Crippen LogP contribution in [0.2, 0.25) is 5.02 Å². The molecule has 1 aliphatic heterocycles. The topological polar surface area (TPSA) is 49.6 Å². The summed E-state index contributed by atoms with van der Waals surface area (Å²) in [7, 11) is 0. The molecule has 3 heterocycles. The van der Waals surface area contributed by atoms with Crippen LogP contribution in [0.25, 0.3) is 11.3 Å². The minimum Gasteiger partial charge on any atom is -0.459 e. The molecular formula is C18H16ClN3O2S. The number of thiazole rings is 1. The molecule has 5 nitrogen and oxygen atoms in total. The SMILES string of the molecule is O=C(c1ccco1)N1CCN(c2nc(-c3ccc(Cl)cc3)cs2)CC1. The molecule has 0 radical (unpaired) electrons. The van der Waals surface area contributed by atoms with Gasteiger partial charge in [0.15, 0.2) is 10.9 Å². The number of anilines is 1. The van der Waals surface area contributed by atoms with Crippen LogP contribution >= 0.6 is 22.9 Å². The van der Waals surface area contributed by atoms with Gasteiger partial charge < -0.3 is 14.2 Å². The minimum atomic E-state index is -0.0503. The molecule has 3 aromatic rings. The number of amides is 1. The van der Waals surface area contributed by atoms with Crippen molar-refractivity contribution in [3.8, 4) is 11.3 Å². The molecule has 1 fully saturated rings. The lowest BCUT2D eigenvalue weighted by Crippen LogP contribution is -2.48. The van der Waals surface area contributed by atoms with Crippen LogP contribution in [0, 0.1) is 0 Å². The van der Waals surface area contributed by atoms with Gasteiger partial charge in [0.2, 0.25) is 0 Å². The monoisotopic (exact) mass is 373 g/mol. The molecule has 0 aliphatic carbocycles. The Kier molecular flexibility index (Phi) is 4.46. The molecule has 1 aliphatic rings. The standard InChI is InChI=1S/C18H16ClN3O2S/c19-14-5-3-13(4-6-14)15-12-25-18(20-15)22-9-7-21(8-10-22)17(23)16-2-1-11-24-16/h1-6,11-12H,7-10H2. The van der Waals surface area contributed by atoms with Crippen molar-refractivity contribution in [2.24, 2.45) is 0 Å². The number of hydrogen-bond donors (Lipinski definition) is 0. The number of carbonyl (C=O) groups excluding carboxylic acids is 1. The zero-order valence-electron chi connectivity index (χ0n) is 13.4. The molecule has 1 saturated heterocycles. The zero-order valence-corrected chi connectivity index (χ0v) is 15.0. The van der Waals surface area contributed by atoms with E-state index in [2.05, 4.69) is 10.3 Å². The predicted molar refractivity (Wildman–Crippen MR) is 99.4 cm³/mol. The number of rotatable bonds is 3. The first-order chi connectivity index (χ1) is 12.2. The molecule has 0 atom stereocenters. The molecule has 2 aromatic heterocycles.